The first-order valence-corrected chi connectivity index (χ1v) is 7.79. The average molecular weight is 302 g/mol. The fourth-order valence-corrected chi connectivity index (χ4v) is 3.03. The van der Waals surface area contributed by atoms with E-state index in [4.69, 9.17) is 4.74 Å². The van der Waals surface area contributed by atoms with Gasteiger partial charge in [-0.1, -0.05) is 48.5 Å². The summed E-state index contributed by atoms with van der Waals surface area (Å²) in [4.78, 5) is 0. The topological polar surface area (TPSA) is 33.6 Å². The van der Waals surface area contributed by atoms with E-state index in [0.29, 0.717) is 0 Å². The maximum Gasteiger partial charge on any atom is 0.119 e. The van der Waals surface area contributed by atoms with E-state index in [2.05, 4.69) is 65.1 Å². The van der Waals surface area contributed by atoms with E-state index >= 15 is 0 Å². The van der Waals surface area contributed by atoms with Crippen LogP contribution in [0.1, 0.15) is 23.6 Å². The van der Waals surface area contributed by atoms with Crippen molar-refractivity contribution < 1.29 is 4.74 Å². The van der Waals surface area contributed by atoms with E-state index in [1.807, 2.05) is 12.1 Å². The molecule has 0 spiro atoms. The molecule has 114 valence electrons. The van der Waals surface area contributed by atoms with E-state index < -0.39 is 0 Å². The highest BCUT2D eigenvalue weighted by Crippen LogP contribution is 2.27. The van der Waals surface area contributed by atoms with Crippen molar-refractivity contribution in [3.05, 3.63) is 77.9 Å². The number of nitrogens with one attached hydrogen (secondary N) is 1. The van der Waals surface area contributed by atoms with Crippen molar-refractivity contribution in [2.45, 2.75) is 12.5 Å². The van der Waals surface area contributed by atoms with Gasteiger partial charge in [0.1, 0.15) is 5.75 Å². The van der Waals surface area contributed by atoms with Gasteiger partial charge in [-0.05, 0) is 40.1 Å². The molecular weight excluding hydrogens is 284 g/mol. The van der Waals surface area contributed by atoms with Gasteiger partial charge in [0, 0.05) is 6.42 Å². The first kappa shape index (κ1) is 13.8. The fraction of sp³-hybridized carbons (Fsp3) is 0.150. The third-order valence-electron chi connectivity index (χ3n) is 4.34. The highest BCUT2D eigenvalue weighted by molar-refractivity contribution is 6.04. The van der Waals surface area contributed by atoms with Gasteiger partial charge in [-0.15, -0.1) is 0 Å². The molecular formula is C20H18N2O. The zero-order valence-corrected chi connectivity index (χ0v) is 13.0. The summed E-state index contributed by atoms with van der Waals surface area (Å²) in [6, 6.07) is 23.3. The molecule has 0 radical (unpaired) electrons. The van der Waals surface area contributed by atoms with Crippen LogP contribution < -0.4 is 10.2 Å². The van der Waals surface area contributed by atoms with Crippen molar-refractivity contribution in [2.24, 2.45) is 5.10 Å². The molecule has 23 heavy (non-hydrogen) atoms. The predicted molar refractivity (Wildman–Crippen MR) is 94.0 cm³/mol. The number of hydrazone groups is 1. The van der Waals surface area contributed by atoms with E-state index in [0.717, 1.165) is 17.9 Å². The Morgan fingerprint density at radius 2 is 1.74 bits per heavy atom. The van der Waals surface area contributed by atoms with Gasteiger partial charge in [-0.25, -0.2) is 0 Å². The Morgan fingerprint density at radius 1 is 0.957 bits per heavy atom. The largest absolute Gasteiger partial charge is 0.497 e. The molecule has 3 nitrogen and oxygen atoms in total. The van der Waals surface area contributed by atoms with E-state index in [1.54, 1.807) is 7.11 Å². The first-order chi connectivity index (χ1) is 11.3. The highest BCUT2D eigenvalue weighted by Gasteiger charge is 2.21. The number of rotatable bonds is 3. The van der Waals surface area contributed by atoms with Crippen molar-refractivity contribution in [3.8, 4) is 5.75 Å². The lowest BCUT2D eigenvalue weighted by Gasteiger charge is -2.09. The number of ether oxygens (including phenoxy) is 1. The van der Waals surface area contributed by atoms with Crippen LogP contribution in [0.15, 0.2) is 71.8 Å². The average Bonchev–Trinajstić information content (AvgIpc) is 3.11. The van der Waals surface area contributed by atoms with E-state index in [9.17, 15) is 0 Å². The fourth-order valence-electron chi connectivity index (χ4n) is 3.03. The normalized spacial score (nSPS) is 16.9. The quantitative estimate of drug-likeness (QED) is 0.783. The summed E-state index contributed by atoms with van der Waals surface area (Å²) in [5.74, 6) is 0.884. The van der Waals surface area contributed by atoms with Gasteiger partial charge in [-0.3, -0.25) is 0 Å². The summed E-state index contributed by atoms with van der Waals surface area (Å²) in [5.41, 5.74) is 6.81. The SMILES string of the molecule is COc1ccc2cc(C3=NNC(c4ccccc4)C3)ccc2c1. The second kappa shape index (κ2) is 5.76. The first-order valence-electron chi connectivity index (χ1n) is 7.79. The van der Waals surface area contributed by atoms with Gasteiger partial charge in [0.15, 0.2) is 0 Å². The number of methoxy groups -OCH3 is 1. The van der Waals surface area contributed by atoms with Crippen molar-refractivity contribution in [2.75, 3.05) is 7.11 Å². The number of fused-ring (bicyclic) bond motifs is 1. The summed E-state index contributed by atoms with van der Waals surface area (Å²) in [5, 5.41) is 6.93. The van der Waals surface area contributed by atoms with Crippen molar-refractivity contribution in [1.82, 2.24) is 5.43 Å². The van der Waals surface area contributed by atoms with E-state index in [1.165, 1.54) is 21.9 Å². The van der Waals surface area contributed by atoms with Gasteiger partial charge in [0.2, 0.25) is 0 Å². The summed E-state index contributed by atoms with van der Waals surface area (Å²) in [6.07, 6.45) is 0.908. The lowest BCUT2D eigenvalue weighted by Crippen LogP contribution is -2.09. The number of benzene rings is 3. The number of nitrogens with zero attached hydrogens (tertiary/aromatic N) is 1. The molecule has 0 aliphatic carbocycles. The van der Waals surface area contributed by atoms with Gasteiger partial charge < -0.3 is 10.2 Å². The predicted octanol–water partition coefficient (Wildman–Crippen LogP) is 4.29. The smallest absolute Gasteiger partial charge is 0.119 e. The van der Waals surface area contributed by atoms with Crippen LogP contribution in [0.4, 0.5) is 0 Å². The maximum atomic E-state index is 5.28. The molecule has 0 bridgehead atoms. The van der Waals surface area contributed by atoms with Crippen LogP contribution in [-0.2, 0) is 0 Å². The summed E-state index contributed by atoms with van der Waals surface area (Å²) in [6.45, 7) is 0. The van der Waals surface area contributed by atoms with Crippen LogP contribution in [-0.4, -0.2) is 12.8 Å². The second-order valence-electron chi connectivity index (χ2n) is 5.78. The molecule has 4 rings (SSSR count). The van der Waals surface area contributed by atoms with Crippen LogP contribution in [0.3, 0.4) is 0 Å². The van der Waals surface area contributed by atoms with Crippen molar-refractivity contribution in [3.63, 3.8) is 0 Å². The highest BCUT2D eigenvalue weighted by atomic mass is 16.5. The maximum absolute atomic E-state index is 5.28. The second-order valence-corrected chi connectivity index (χ2v) is 5.78. The third-order valence-corrected chi connectivity index (χ3v) is 4.34. The molecule has 0 saturated heterocycles. The van der Waals surface area contributed by atoms with Crippen LogP contribution in [0.5, 0.6) is 5.75 Å². The molecule has 1 unspecified atom stereocenters. The number of hydrogen-bond acceptors (Lipinski definition) is 3. The molecule has 3 aromatic carbocycles. The monoisotopic (exact) mass is 302 g/mol. The Labute approximate surface area is 135 Å². The van der Waals surface area contributed by atoms with Crippen LogP contribution in [0, 0.1) is 0 Å². The molecule has 0 fully saturated rings. The van der Waals surface area contributed by atoms with Crippen molar-refractivity contribution in [1.29, 1.82) is 0 Å². The molecule has 1 aliphatic rings. The molecule has 3 aromatic rings. The molecule has 1 aliphatic heterocycles. The Morgan fingerprint density at radius 3 is 2.57 bits per heavy atom. The Balaban J connectivity index is 1.60. The molecule has 0 saturated carbocycles. The summed E-state index contributed by atoms with van der Waals surface area (Å²) < 4.78 is 5.28. The standard InChI is InChI=1S/C20H18N2O/c1-23-18-10-9-15-11-17(8-7-16(15)12-18)20-13-19(21-22-20)14-5-3-2-4-6-14/h2-12,19,21H,13H2,1H3. The molecule has 1 heterocycles. The Hall–Kier alpha value is -2.81. The summed E-state index contributed by atoms with van der Waals surface area (Å²) >= 11 is 0. The van der Waals surface area contributed by atoms with Gasteiger partial charge in [0.25, 0.3) is 0 Å². The molecule has 1 atom stereocenters. The van der Waals surface area contributed by atoms with E-state index in [-0.39, 0.29) is 6.04 Å². The van der Waals surface area contributed by atoms with Crippen molar-refractivity contribution >= 4 is 16.5 Å². The van der Waals surface area contributed by atoms with Gasteiger partial charge >= 0.3 is 0 Å². The Kier molecular flexibility index (Phi) is 3.46. The van der Waals surface area contributed by atoms with Crippen LogP contribution in [0.2, 0.25) is 0 Å². The van der Waals surface area contributed by atoms with Gasteiger partial charge in [-0.2, -0.15) is 5.10 Å². The lowest BCUT2D eigenvalue weighted by atomic mass is 9.97. The molecule has 0 aromatic heterocycles. The third kappa shape index (κ3) is 2.66. The minimum Gasteiger partial charge on any atom is -0.497 e. The molecule has 3 heteroatoms. The van der Waals surface area contributed by atoms with Crippen LogP contribution in [0.25, 0.3) is 10.8 Å². The molecule has 0 amide bonds. The number of hydrogen-bond donors (Lipinski definition) is 1. The zero-order valence-electron chi connectivity index (χ0n) is 13.0. The minimum atomic E-state index is 0.262. The Bertz CT molecular complexity index is 871. The zero-order chi connectivity index (χ0) is 15.6. The minimum absolute atomic E-state index is 0.262. The molecule has 1 N–H and O–H groups in total. The lowest BCUT2D eigenvalue weighted by molar-refractivity contribution is 0.415. The van der Waals surface area contributed by atoms with Crippen LogP contribution >= 0.6 is 0 Å². The van der Waals surface area contributed by atoms with Gasteiger partial charge in [0.05, 0.1) is 18.9 Å². The summed E-state index contributed by atoms with van der Waals surface area (Å²) in [7, 11) is 1.69.